The smallest absolute Gasteiger partial charge is 0.143 e. The van der Waals surface area contributed by atoms with Crippen LogP contribution in [0.4, 0.5) is 5.69 Å². The van der Waals surface area contributed by atoms with Gasteiger partial charge in [-0.25, -0.2) is 0 Å². The van der Waals surface area contributed by atoms with E-state index in [1.165, 1.54) is 39.6 Å². The number of rotatable bonds is 1. The number of aromatic hydroxyl groups is 1. The molecule has 3 aromatic carbocycles. The lowest BCUT2D eigenvalue weighted by atomic mass is 9.52. The zero-order valence-corrected chi connectivity index (χ0v) is 20.6. The SMILES string of the molecule is COc1cc2c(O)cc3c(c2c2c1NCCC2)-c1ccccc1C31CC(C)(C)CC(C)(C)C1. The third kappa shape index (κ3) is 2.87. The monoisotopic (exact) mass is 441 g/mol. The number of hydrogen-bond acceptors (Lipinski definition) is 3. The highest BCUT2D eigenvalue weighted by molar-refractivity contribution is 6.09. The standard InChI is InChI=1S/C30H35NO2/c1-28(2)15-29(3,4)17-30(16-28)21-11-7-6-9-18(21)26-22(30)14-23(32)20-13-24(33-5)27-19(25(20)26)10-8-12-31-27/h6-7,9,11,13-14,31-32H,8,10,12,15-17H2,1-5H3. The highest BCUT2D eigenvalue weighted by atomic mass is 16.5. The largest absolute Gasteiger partial charge is 0.507 e. The molecule has 0 amide bonds. The second-order valence-corrected chi connectivity index (χ2v) is 12.2. The number of hydrogen-bond donors (Lipinski definition) is 2. The lowest BCUT2D eigenvalue weighted by Crippen LogP contribution is -2.43. The predicted octanol–water partition coefficient (Wildman–Crippen LogP) is 7.41. The Morgan fingerprint density at radius 3 is 2.39 bits per heavy atom. The Labute approximate surface area is 197 Å². The summed E-state index contributed by atoms with van der Waals surface area (Å²) in [5.74, 6) is 1.21. The second kappa shape index (κ2) is 6.68. The molecule has 2 N–H and O–H groups in total. The van der Waals surface area contributed by atoms with Gasteiger partial charge in [-0.05, 0) is 88.3 Å². The summed E-state index contributed by atoms with van der Waals surface area (Å²) in [6.45, 7) is 10.7. The van der Waals surface area contributed by atoms with Gasteiger partial charge in [-0.1, -0.05) is 52.0 Å². The molecule has 0 saturated heterocycles. The average molecular weight is 442 g/mol. The molecule has 1 saturated carbocycles. The van der Waals surface area contributed by atoms with E-state index in [0.29, 0.717) is 5.75 Å². The maximum absolute atomic E-state index is 11.4. The van der Waals surface area contributed by atoms with Gasteiger partial charge in [-0.3, -0.25) is 0 Å². The molecule has 3 aliphatic rings. The van der Waals surface area contributed by atoms with Gasteiger partial charge in [0, 0.05) is 17.3 Å². The van der Waals surface area contributed by atoms with Crippen molar-refractivity contribution in [2.45, 2.75) is 65.2 Å². The number of benzene rings is 3. The van der Waals surface area contributed by atoms with Gasteiger partial charge in [-0.15, -0.1) is 0 Å². The number of fused-ring (bicyclic) bond motifs is 9. The van der Waals surface area contributed by atoms with Crippen LogP contribution in [-0.2, 0) is 11.8 Å². The number of nitrogens with one attached hydrogen (secondary N) is 1. The van der Waals surface area contributed by atoms with Gasteiger partial charge in [0.15, 0.2) is 0 Å². The number of anilines is 1. The van der Waals surface area contributed by atoms with E-state index >= 15 is 0 Å². The summed E-state index contributed by atoms with van der Waals surface area (Å²) in [6.07, 6.45) is 5.52. The fourth-order valence-electron chi connectivity index (χ4n) is 8.12. The lowest BCUT2D eigenvalue weighted by molar-refractivity contribution is 0.0645. The van der Waals surface area contributed by atoms with E-state index in [0.717, 1.165) is 49.1 Å². The zero-order valence-electron chi connectivity index (χ0n) is 20.6. The molecule has 1 fully saturated rings. The minimum Gasteiger partial charge on any atom is -0.507 e. The first kappa shape index (κ1) is 20.9. The summed E-state index contributed by atoms with van der Waals surface area (Å²) in [6, 6.07) is 13.2. The Morgan fingerprint density at radius 1 is 0.939 bits per heavy atom. The van der Waals surface area contributed by atoms with E-state index < -0.39 is 0 Å². The Morgan fingerprint density at radius 2 is 1.67 bits per heavy atom. The van der Waals surface area contributed by atoms with Gasteiger partial charge >= 0.3 is 0 Å². The summed E-state index contributed by atoms with van der Waals surface area (Å²) in [4.78, 5) is 0. The van der Waals surface area contributed by atoms with Crippen LogP contribution in [0.1, 0.15) is 70.1 Å². The highest BCUT2D eigenvalue weighted by Crippen LogP contribution is 2.65. The highest BCUT2D eigenvalue weighted by Gasteiger charge is 2.53. The van der Waals surface area contributed by atoms with Gasteiger partial charge in [-0.2, -0.15) is 0 Å². The van der Waals surface area contributed by atoms with E-state index in [1.807, 2.05) is 6.07 Å². The first-order chi connectivity index (χ1) is 15.7. The van der Waals surface area contributed by atoms with Crippen molar-refractivity contribution in [3.63, 3.8) is 0 Å². The topological polar surface area (TPSA) is 41.5 Å². The fraction of sp³-hybridized carbons (Fsp3) is 0.467. The van der Waals surface area contributed by atoms with Crippen molar-refractivity contribution in [3.05, 3.63) is 53.1 Å². The number of methoxy groups -OCH3 is 1. The van der Waals surface area contributed by atoms with Crippen molar-refractivity contribution in [1.82, 2.24) is 0 Å². The summed E-state index contributed by atoms with van der Waals surface area (Å²) >= 11 is 0. The Balaban J connectivity index is 1.76. The van der Waals surface area contributed by atoms with Gasteiger partial charge < -0.3 is 15.2 Å². The lowest BCUT2D eigenvalue weighted by Gasteiger charge is -2.51. The normalized spacial score (nSPS) is 21.2. The van der Waals surface area contributed by atoms with Crippen molar-refractivity contribution in [2.75, 3.05) is 19.0 Å². The molecule has 6 rings (SSSR count). The van der Waals surface area contributed by atoms with Crippen LogP contribution in [-0.4, -0.2) is 18.8 Å². The van der Waals surface area contributed by atoms with Crippen molar-refractivity contribution < 1.29 is 9.84 Å². The molecule has 1 heterocycles. The van der Waals surface area contributed by atoms with E-state index in [4.69, 9.17) is 4.74 Å². The average Bonchev–Trinajstić information content (AvgIpc) is 2.99. The van der Waals surface area contributed by atoms with Crippen LogP contribution < -0.4 is 10.1 Å². The van der Waals surface area contributed by atoms with Crippen LogP contribution in [0.3, 0.4) is 0 Å². The van der Waals surface area contributed by atoms with Crippen molar-refractivity contribution in [3.8, 4) is 22.6 Å². The number of phenols is 1. The minimum atomic E-state index is -0.0717. The van der Waals surface area contributed by atoms with Crippen molar-refractivity contribution in [2.24, 2.45) is 10.8 Å². The van der Waals surface area contributed by atoms with E-state index in [-0.39, 0.29) is 16.2 Å². The molecule has 33 heavy (non-hydrogen) atoms. The van der Waals surface area contributed by atoms with Crippen LogP contribution >= 0.6 is 0 Å². The molecule has 0 bridgehead atoms. The summed E-state index contributed by atoms with van der Waals surface area (Å²) in [5, 5.41) is 17.2. The van der Waals surface area contributed by atoms with Gasteiger partial charge in [0.25, 0.3) is 0 Å². The summed E-state index contributed by atoms with van der Waals surface area (Å²) in [5.41, 5.74) is 8.24. The molecule has 0 unspecified atom stereocenters. The molecule has 0 atom stereocenters. The third-order valence-electron chi connectivity index (χ3n) is 8.34. The molecule has 3 aromatic rings. The molecule has 3 nitrogen and oxygen atoms in total. The number of ether oxygens (including phenoxy) is 1. The molecule has 1 spiro atoms. The van der Waals surface area contributed by atoms with Crippen LogP contribution in [0.5, 0.6) is 11.5 Å². The van der Waals surface area contributed by atoms with Crippen LogP contribution in [0.2, 0.25) is 0 Å². The first-order valence-corrected chi connectivity index (χ1v) is 12.4. The summed E-state index contributed by atoms with van der Waals surface area (Å²) < 4.78 is 5.76. The predicted molar refractivity (Wildman–Crippen MR) is 137 cm³/mol. The Hall–Kier alpha value is -2.68. The second-order valence-electron chi connectivity index (χ2n) is 12.2. The van der Waals surface area contributed by atoms with Gasteiger partial charge in [0.05, 0.1) is 12.8 Å². The molecular weight excluding hydrogens is 406 g/mol. The Kier molecular flexibility index (Phi) is 4.23. The van der Waals surface area contributed by atoms with Crippen molar-refractivity contribution in [1.29, 1.82) is 0 Å². The molecule has 2 aliphatic carbocycles. The van der Waals surface area contributed by atoms with E-state index in [2.05, 4.69) is 63.3 Å². The number of phenolic OH excluding ortho intramolecular Hbond substituents is 1. The minimum absolute atomic E-state index is 0.0717. The van der Waals surface area contributed by atoms with Crippen LogP contribution in [0, 0.1) is 10.8 Å². The van der Waals surface area contributed by atoms with Crippen molar-refractivity contribution >= 4 is 16.5 Å². The maximum atomic E-state index is 11.4. The summed E-state index contributed by atoms with van der Waals surface area (Å²) in [7, 11) is 1.72. The maximum Gasteiger partial charge on any atom is 0.143 e. The van der Waals surface area contributed by atoms with Crippen LogP contribution in [0.25, 0.3) is 21.9 Å². The third-order valence-corrected chi connectivity index (χ3v) is 8.34. The van der Waals surface area contributed by atoms with E-state index in [1.54, 1.807) is 7.11 Å². The molecule has 0 radical (unpaired) electrons. The Bertz CT molecular complexity index is 1280. The molecule has 0 aromatic heterocycles. The van der Waals surface area contributed by atoms with Crippen LogP contribution in [0.15, 0.2) is 36.4 Å². The fourth-order valence-corrected chi connectivity index (χ4v) is 8.12. The quantitative estimate of drug-likeness (QED) is 0.413. The van der Waals surface area contributed by atoms with E-state index in [9.17, 15) is 5.11 Å². The first-order valence-electron chi connectivity index (χ1n) is 12.4. The van der Waals surface area contributed by atoms with Gasteiger partial charge in [0.1, 0.15) is 11.5 Å². The van der Waals surface area contributed by atoms with Gasteiger partial charge in [0.2, 0.25) is 0 Å². The molecule has 3 heteroatoms. The molecule has 172 valence electrons. The number of aryl methyl sites for hydroxylation is 1. The molecular formula is C30H35NO2. The molecule has 1 aliphatic heterocycles. The zero-order chi connectivity index (χ0) is 23.2.